The lowest BCUT2D eigenvalue weighted by Gasteiger charge is -2.00. The van der Waals surface area contributed by atoms with Gasteiger partial charge >= 0.3 is 0 Å². The summed E-state index contributed by atoms with van der Waals surface area (Å²) in [6.45, 7) is 0. The van der Waals surface area contributed by atoms with E-state index in [0.29, 0.717) is 23.7 Å². The van der Waals surface area contributed by atoms with Crippen LogP contribution < -0.4 is 10.5 Å². The molecule has 0 unspecified atom stereocenters. The van der Waals surface area contributed by atoms with Crippen LogP contribution >= 0.6 is 0 Å². The van der Waals surface area contributed by atoms with E-state index in [4.69, 9.17) is 10.5 Å². The van der Waals surface area contributed by atoms with Gasteiger partial charge in [0.25, 0.3) is 0 Å². The fraction of sp³-hybridized carbons (Fsp3) is 0.154. The molecule has 2 heterocycles. The second-order valence-corrected chi connectivity index (χ2v) is 4.13. The van der Waals surface area contributed by atoms with Crippen molar-refractivity contribution in [2.45, 2.75) is 6.42 Å². The van der Waals surface area contributed by atoms with Crippen LogP contribution in [-0.2, 0) is 6.42 Å². The van der Waals surface area contributed by atoms with Crippen molar-refractivity contribution < 1.29 is 4.74 Å². The minimum Gasteiger partial charge on any atom is -0.497 e. The quantitative estimate of drug-likeness (QED) is 0.763. The Labute approximate surface area is 109 Å². The summed E-state index contributed by atoms with van der Waals surface area (Å²) in [6, 6.07) is 7.82. The maximum Gasteiger partial charge on any atom is 0.198 e. The Morgan fingerprint density at radius 1 is 1.26 bits per heavy atom. The fourth-order valence-electron chi connectivity index (χ4n) is 1.88. The lowest BCUT2D eigenvalue weighted by molar-refractivity contribution is 0.414. The lowest BCUT2D eigenvalue weighted by Crippen LogP contribution is -1.95. The van der Waals surface area contributed by atoms with Crippen molar-refractivity contribution in [2.75, 3.05) is 12.8 Å². The van der Waals surface area contributed by atoms with Crippen LogP contribution in [0.25, 0.3) is 5.65 Å². The topological polar surface area (TPSA) is 78.3 Å². The first-order valence-corrected chi connectivity index (χ1v) is 5.85. The van der Waals surface area contributed by atoms with Crippen LogP contribution in [0.4, 0.5) is 5.82 Å². The number of hydrogen-bond acceptors (Lipinski definition) is 5. The molecule has 1 aromatic carbocycles. The van der Waals surface area contributed by atoms with E-state index >= 15 is 0 Å². The van der Waals surface area contributed by atoms with Gasteiger partial charge in [-0.25, -0.2) is 14.5 Å². The van der Waals surface area contributed by atoms with Crippen molar-refractivity contribution >= 4 is 11.5 Å². The third-order valence-electron chi connectivity index (χ3n) is 2.85. The Morgan fingerprint density at radius 2 is 2.05 bits per heavy atom. The number of anilines is 1. The van der Waals surface area contributed by atoms with E-state index in [1.54, 1.807) is 24.0 Å². The zero-order valence-electron chi connectivity index (χ0n) is 10.4. The van der Waals surface area contributed by atoms with E-state index < -0.39 is 0 Å². The zero-order chi connectivity index (χ0) is 13.2. The zero-order valence-corrected chi connectivity index (χ0v) is 10.4. The summed E-state index contributed by atoms with van der Waals surface area (Å²) in [5.41, 5.74) is 7.45. The number of methoxy groups -OCH3 is 1. The average Bonchev–Trinajstić information content (AvgIpc) is 2.84. The van der Waals surface area contributed by atoms with Crippen molar-refractivity contribution in [3.8, 4) is 5.75 Å². The number of aromatic nitrogens is 4. The van der Waals surface area contributed by atoms with E-state index in [-0.39, 0.29) is 0 Å². The van der Waals surface area contributed by atoms with Gasteiger partial charge in [-0.1, -0.05) is 12.1 Å². The maximum absolute atomic E-state index is 5.75. The first-order chi connectivity index (χ1) is 9.26. The molecule has 0 fully saturated rings. The van der Waals surface area contributed by atoms with Gasteiger partial charge in [0, 0.05) is 18.8 Å². The van der Waals surface area contributed by atoms with Gasteiger partial charge in [0.15, 0.2) is 17.3 Å². The minimum atomic E-state index is 0.385. The molecule has 96 valence electrons. The van der Waals surface area contributed by atoms with Crippen molar-refractivity contribution in [2.24, 2.45) is 0 Å². The molecule has 2 aromatic heterocycles. The van der Waals surface area contributed by atoms with Gasteiger partial charge in [-0.05, 0) is 17.7 Å². The summed E-state index contributed by atoms with van der Waals surface area (Å²) in [7, 11) is 1.65. The van der Waals surface area contributed by atoms with Crippen LogP contribution in [0.3, 0.4) is 0 Å². The predicted molar refractivity (Wildman–Crippen MR) is 71.0 cm³/mol. The summed E-state index contributed by atoms with van der Waals surface area (Å²) in [5.74, 6) is 1.93. The first-order valence-electron chi connectivity index (χ1n) is 5.85. The molecule has 0 aliphatic carbocycles. The maximum atomic E-state index is 5.75. The largest absolute Gasteiger partial charge is 0.497 e. The average molecular weight is 255 g/mol. The molecule has 0 bridgehead atoms. The van der Waals surface area contributed by atoms with E-state index in [1.165, 1.54) is 0 Å². The molecule has 3 rings (SSSR count). The Hall–Kier alpha value is -2.63. The Balaban J connectivity index is 1.90. The predicted octanol–water partition coefficient (Wildman–Crippen LogP) is 1.31. The molecule has 0 amide bonds. The third kappa shape index (κ3) is 2.20. The molecular formula is C13H13N5O. The highest BCUT2D eigenvalue weighted by atomic mass is 16.5. The number of fused-ring (bicyclic) bond motifs is 1. The molecule has 0 aliphatic heterocycles. The Morgan fingerprint density at radius 3 is 2.74 bits per heavy atom. The SMILES string of the molecule is COc1ccc(Cc2nc3c(N)nccn3n2)cc1. The number of nitrogen functional groups attached to an aromatic ring is 1. The van der Waals surface area contributed by atoms with Gasteiger partial charge in [0.05, 0.1) is 7.11 Å². The minimum absolute atomic E-state index is 0.385. The number of nitrogens with two attached hydrogens (primary N) is 1. The van der Waals surface area contributed by atoms with Crippen LogP contribution in [0.2, 0.25) is 0 Å². The third-order valence-corrected chi connectivity index (χ3v) is 2.85. The summed E-state index contributed by atoms with van der Waals surface area (Å²) in [4.78, 5) is 8.37. The van der Waals surface area contributed by atoms with Crippen LogP contribution in [0.1, 0.15) is 11.4 Å². The summed E-state index contributed by atoms with van der Waals surface area (Å²) in [6.07, 6.45) is 3.98. The highest BCUT2D eigenvalue weighted by molar-refractivity contribution is 5.58. The van der Waals surface area contributed by atoms with Crippen molar-refractivity contribution in [1.29, 1.82) is 0 Å². The normalized spacial score (nSPS) is 10.8. The molecule has 0 spiro atoms. The molecule has 6 nitrogen and oxygen atoms in total. The molecular weight excluding hydrogens is 242 g/mol. The number of hydrogen-bond donors (Lipinski definition) is 1. The van der Waals surface area contributed by atoms with Crippen LogP contribution in [-0.4, -0.2) is 26.7 Å². The van der Waals surface area contributed by atoms with Crippen molar-refractivity contribution in [3.63, 3.8) is 0 Å². The number of rotatable bonds is 3. The molecule has 0 radical (unpaired) electrons. The van der Waals surface area contributed by atoms with Gasteiger partial charge in [-0.2, -0.15) is 5.10 Å². The van der Waals surface area contributed by atoms with Crippen molar-refractivity contribution in [1.82, 2.24) is 19.6 Å². The monoisotopic (exact) mass is 255 g/mol. The van der Waals surface area contributed by atoms with E-state index in [2.05, 4.69) is 15.1 Å². The molecule has 6 heteroatoms. The smallest absolute Gasteiger partial charge is 0.198 e. The second-order valence-electron chi connectivity index (χ2n) is 4.13. The highest BCUT2D eigenvalue weighted by Crippen LogP contribution is 2.14. The van der Waals surface area contributed by atoms with Gasteiger partial charge < -0.3 is 10.5 Å². The molecule has 0 saturated carbocycles. The Kier molecular flexibility index (Phi) is 2.75. The number of ether oxygens (including phenoxy) is 1. The van der Waals surface area contributed by atoms with Gasteiger partial charge in [0.2, 0.25) is 0 Å². The molecule has 19 heavy (non-hydrogen) atoms. The first kappa shape index (κ1) is 11.5. The van der Waals surface area contributed by atoms with Crippen molar-refractivity contribution in [3.05, 3.63) is 48.0 Å². The molecule has 0 saturated heterocycles. The van der Waals surface area contributed by atoms with Gasteiger partial charge in [0.1, 0.15) is 5.75 Å². The molecule has 2 N–H and O–H groups in total. The van der Waals surface area contributed by atoms with Crippen LogP contribution in [0, 0.1) is 0 Å². The fourth-order valence-corrected chi connectivity index (χ4v) is 1.88. The number of nitrogens with zero attached hydrogens (tertiary/aromatic N) is 4. The molecule has 0 aliphatic rings. The van der Waals surface area contributed by atoms with Crippen LogP contribution in [0.5, 0.6) is 5.75 Å². The van der Waals surface area contributed by atoms with E-state index in [9.17, 15) is 0 Å². The summed E-state index contributed by atoms with van der Waals surface area (Å²) < 4.78 is 6.76. The summed E-state index contributed by atoms with van der Waals surface area (Å²) >= 11 is 0. The second kappa shape index (κ2) is 4.56. The van der Waals surface area contributed by atoms with E-state index in [0.717, 1.165) is 11.3 Å². The summed E-state index contributed by atoms with van der Waals surface area (Å²) in [5, 5.41) is 4.37. The lowest BCUT2D eigenvalue weighted by atomic mass is 10.1. The van der Waals surface area contributed by atoms with Crippen LogP contribution in [0.15, 0.2) is 36.7 Å². The standard InChI is InChI=1S/C13H13N5O/c1-19-10-4-2-9(3-5-10)8-11-16-13-12(14)15-6-7-18(13)17-11/h2-7H,8H2,1H3,(H2,14,15). The highest BCUT2D eigenvalue weighted by Gasteiger charge is 2.07. The van der Waals surface area contributed by atoms with E-state index in [1.807, 2.05) is 24.3 Å². The van der Waals surface area contributed by atoms with Gasteiger partial charge in [-0.15, -0.1) is 0 Å². The Bertz CT molecular complexity index is 705. The molecule has 3 aromatic rings. The van der Waals surface area contributed by atoms with Gasteiger partial charge in [-0.3, -0.25) is 0 Å². The molecule has 0 atom stereocenters. The number of benzene rings is 1.